The Balaban J connectivity index is 1.95. The molecule has 0 saturated heterocycles. The van der Waals surface area contributed by atoms with Gasteiger partial charge < -0.3 is 9.13 Å². The molecule has 2 aromatic rings. The maximum absolute atomic E-state index is 4.60. The molecule has 0 fully saturated rings. The van der Waals surface area contributed by atoms with E-state index in [2.05, 4.69) is 39.9 Å². The van der Waals surface area contributed by atoms with Crippen LogP contribution in [0.4, 0.5) is 0 Å². The van der Waals surface area contributed by atoms with Crippen LogP contribution in [0.1, 0.15) is 44.5 Å². The molecule has 0 spiro atoms. The van der Waals surface area contributed by atoms with Crippen molar-refractivity contribution < 1.29 is 0 Å². The van der Waals surface area contributed by atoms with E-state index < -0.39 is 0 Å². The molecule has 4 heteroatoms. The number of rotatable bonds is 3. The molecule has 0 aliphatic heterocycles. The van der Waals surface area contributed by atoms with Crippen molar-refractivity contribution in [2.24, 2.45) is 7.05 Å². The summed E-state index contributed by atoms with van der Waals surface area (Å²) in [5.74, 6) is 1.98. The van der Waals surface area contributed by atoms with Crippen molar-refractivity contribution in [2.45, 2.75) is 45.6 Å². The maximum atomic E-state index is 4.60. The standard InChI is InChI=1S/C16H22N4/c1-12(14-7-5-4-6-8-14)20-10-9-17-16(20)15-11-19(3)13(2)18-15/h7,9-12H,4-6,8H2,1-3H3. The van der Waals surface area contributed by atoms with E-state index in [-0.39, 0.29) is 0 Å². The monoisotopic (exact) mass is 270 g/mol. The van der Waals surface area contributed by atoms with E-state index in [1.165, 1.54) is 31.3 Å². The van der Waals surface area contributed by atoms with Gasteiger partial charge in [-0.25, -0.2) is 9.97 Å². The summed E-state index contributed by atoms with van der Waals surface area (Å²) in [5, 5.41) is 0. The molecule has 2 aromatic heterocycles. The second-order valence-corrected chi connectivity index (χ2v) is 5.64. The van der Waals surface area contributed by atoms with E-state index in [0.29, 0.717) is 6.04 Å². The molecule has 0 aromatic carbocycles. The minimum absolute atomic E-state index is 0.370. The highest BCUT2D eigenvalue weighted by Crippen LogP contribution is 2.30. The molecule has 1 aliphatic carbocycles. The summed E-state index contributed by atoms with van der Waals surface area (Å²) in [5.41, 5.74) is 2.49. The third kappa shape index (κ3) is 2.30. The maximum Gasteiger partial charge on any atom is 0.160 e. The molecule has 0 saturated carbocycles. The summed E-state index contributed by atoms with van der Waals surface area (Å²) in [6.45, 7) is 4.28. The molecular formula is C16H22N4. The number of nitrogens with zero attached hydrogens (tertiary/aromatic N) is 4. The summed E-state index contributed by atoms with van der Waals surface area (Å²) in [6, 6.07) is 0.370. The average molecular weight is 270 g/mol. The molecule has 2 heterocycles. The Morgan fingerprint density at radius 1 is 1.30 bits per heavy atom. The number of aryl methyl sites for hydroxylation is 2. The first-order chi connectivity index (χ1) is 9.66. The number of imidazole rings is 2. The van der Waals surface area contributed by atoms with Gasteiger partial charge in [0.25, 0.3) is 0 Å². The van der Waals surface area contributed by atoms with Crippen LogP contribution in [0.5, 0.6) is 0 Å². The lowest BCUT2D eigenvalue weighted by atomic mass is 9.94. The van der Waals surface area contributed by atoms with Gasteiger partial charge in [0, 0.05) is 25.6 Å². The van der Waals surface area contributed by atoms with Crippen molar-refractivity contribution in [3.63, 3.8) is 0 Å². The van der Waals surface area contributed by atoms with E-state index in [1.807, 2.05) is 24.7 Å². The van der Waals surface area contributed by atoms with Crippen LogP contribution < -0.4 is 0 Å². The predicted octanol–water partition coefficient (Wildman–Crippen LogP) is 3.65. The van der Waals surface area contributed by atoms with Crippen molar-refractivity contribution in [3.8, 4) is 11.5 Å². The van der Waals surface area contributed by atoms with Crippen molar-refractivity contribution >= 4 is 0 Å². The van der Waals surface area contributed by atoms with Gasteiger partial charge in [0.2, 0.25) is 0 Å². The van der Waals surface area contributed by atoms with Gasteiger partial charge in [0.15, 0.2) is 5.82 Å². The molecule has 0 bridgehead atoms. The highest BCUT2D eigenvalue weighted by molar-refractivity contribution is 5.49. The largest absolute Gasteiger partial charge is 0.337 e. The Hall–Kier alpha value is -1.84. The third-order valence-electron chi connectivity index (χ3n) is 4.29. The van der Waals surface area contributed by atoms with Crippen LogP contribution in [0.3, 0.4) is 0 Å². The first-order valence-electron chi connectivity index (χ1n) is 7.39. The fourth-order valence-electron chi connectivity index (χ4n) is 2.91. The number of allylic oxidation sites excluding steroid dienone is 2. The van der Waals surface area contributed by atoms with Crippen LogP contribution in [0, 0.1) is 6.92 Å². The van der Waals surface area contributed by atoms with Gasteiger partial charge in [-0.3, -0.25) is 0 Å². The Kier molecular flexibility index (Phi) is 3.47. The van der Waals surface area contributed by atoms with Crippen LogP contribution in [0.25, 0.3) is 11.5 Å². The van der Waals surface area contributed by atoms with Gasteiger partial charge in [-0.15, -0.1) is 0 Å². The smallest absolute Gasteiger partial charge is 0.160 e. The summed E-state index contributed by atoms with van der Waals surface area (Å²) >= 11 is 0. The zero-order valence-corrected chi connectivity index (χ0v) is 12.5. The molecule has 1 aliphatic rings. The molecule has 3 rings (SSSR count). The van der Waals surface area contributed by atoms with E-state index >= 15 is 0 Å². The van der Waals surface area contributed by atoms with Crippen LogP contribution >= 0.6 is 0 Å². The predicted molar refractivity (Wildman–Crippen MR) is 80.4 cm³/mol. The molecular weight excluding hydrogens is 248 g/mol. The number of hydrogen-bond donors (Lipinski definition) is 0. The normalized spacial score (nSPS) is 17.1. The van der Waals surface area contributed by atoms with E-state index in [0.717, 1.165) is 17.3 Å². The summed E-state index contributed by atoms with van der Waals surface area (Å²) in [4.78, 5) is 9.12. The quantitative estimate of drug-likeness (QED) is 0.798. The molecule has 0 radical (unpaired) electrons. The van der Waals surface area contributed by atoms with Gasteiger partial charge in [-0.2, -0.15) is 0 Å². The molecule has 1 unspecified atom stereocenters. The second-order valence-electron chi connectivity index (χ2n) is 5.64. The Labute approximate surface area is 120 Å². The summed E-state index contributed by atoms with van der Waals surface area (Å²) in [7, 11) is 2.02. The lowest BCUT2D eigenvalue weighted by Crippen LogP contribution is -2.11. The Morgan fingerprint density at radius 3 is 2.80 bits per heavy atom. The van der Waals surface area contributed by atoms with E-state index in [4.69, 9.17) is 0 Å². The van der Waals surface area contributed by atoms with Crippen molar-refractivity contribution in [2.75, 3.05) is 0 Å². The Bertz CT molecular complexity index is 613. The molecule has 0 amide bonds. The Morgan fingerprint density at radius 2 is 2.15 bits per heavy atom. The highest BCUT2D eigenvalue weighted by atomic mass is 15.1. The van der Waals surface area contributed by atoms with Crippen molar-refractivity contribution in [1.29, 1.82) is 0 Å². The molecule has 1 atom stereocenters. The van der Waals surface area contributed by atoms with Crippen molar-refractivity contribution in [1.82, 2.24) is 19.1 Å². The molecule has 4 nitrogen and oxygen atoms in total. The fraction of sp³-hybridized carbons (Fsp3) is 0.500. The average Bonchev–Trinajstić information content (AvgIpc) is 3.06. The van der Waals surface area contributed by atoms with Gasteiger partial charge in [-0.05, 0) is 39.5 Å². The van der Waals surface area contributed by atoms with Gasteiger partial charge >= 0.3 is 0 Å². The van der Waals surface area contributed by atoms with Gasteiger partial charge in [-0.1, -0.05) is 11.6 Å². The fourth-order valence-corrected chi connectivity index (χ4v) is 2.91. The SMILES string of the molecule is Cc1nc(-c2nccn2C(C)C2=CCCCC2)cn1C. The summed E-state index contributed by atoms with van der Waals surface area (Å²) in [6.07, 6.45) is 13.5. The zero-order chi connectivity index (χ0) is 14.1. The van der Waals surface area contributed by atoms with E-state index in [9.17, 15) is 0 Å². The van der Waals surface area contributed by atoms with Crippen LogP contribution in [0.15, 0.2) is 30.2 Å². The number of hydrogen-bond acceptors (Lipinski definition) is 2. The molecule has 0 N–H and O–H groups in total. The highest BCUT2D eigenvalue weighted by Gasteiger charge is 2.18. The van der Waals surface area contributed by atoms with Crippen molar-refractivity contribution in [3.05, 3.63) is 36.1 Å². The third-order valence-corrected chi connectivity index (χ3v) is 4.29. The number of aromatic nitrogens is 4. The lowest BCUT2D eigenvalue weighted by molar-refractivity contribution is 0.565. The second kappa shape index (κ2) is 5.27. The first-order valence-corrected chi connectivity index (χ1v) is 7.39. The van der Waals surface area contributed by atoms with Crippen LogP contribution in [-0.2, 0) is 7.05 Å². The molecule has 20 heavy (non-hydrogen) atoms. The zero-order valence-electron chi connectivity index (χ0n) is 12.5. The minimum atomic E-state index is 0.370. The molecule has 106 valence electrons. The topological polar surface area (TPSA) is 35.6 Å². The van der Waals surface area contributed by atoms with Gasteiger partial charge in [0.05, 0.1) is 6.04 Å². The van der Waals surface area contributed by atoms with E-state index in [1.54, 1.807) is 0 Å². The summed E-state index contributed by atoms with van der Waals surface area (Å²) < 4.78 is 4.29. The minimum Gasteiger partial charge on any atom is -0.337 e. The van der Waals surface area contributed by atoms with Crippen LogP contribution in [-0.4, -0.2) is 19.1 Å². The lowest BCUT2D eigenvalue weighted by Gasteiger charge is -2.22. The van der Waals surface area contributed by atoms with Gasteiger partial charge in [0.1, 0.15) is 11.5 Å². The first kappa shape index (κ1) is 13.2. The van der Waals surface area contributed by atoms with Crippen LogP contribution in [0.2, 0.25) is 0 Å².